The van der Waals surface area contributed by atoms with Crippen molar-refractivity contribution < 1.29 is 9.59 Å². The van der Waals surface area contributed by atoms with Gasteiger partial charge in [0.25, 0.3) is 11.8 Å². The summed E-state index contributed by atoms with van der Waals surface area (Å²) in [5.41, 5.74) is 5.33. The van der Waals surface area contributed by atoms with E-state index in [1.54, 1.807) is 25.2 Å². The lowest BCUT2D eigenvalue weighted by atomic mass is 10.1. The average Bonchev–Trinajstić information content (AvgIpc) is 2.98. The molecular weight excluding hydrogens is 418 g/mol. The van der Waals surface area contributed by atoms with Gasteiger partial charge < -0.3 is 15.2 Å². The third-order valence-corrected chi connectivity index (χ3v) is 5.34. The summed E-state index contributed by atoms with van der Waals surface area (Å²) in [6, 6.07) is 15.1. The average molecular weight is 440 g/mol. The molecule has 0 aliphatic heterocycles. The molecule has 0 unspecified atom stereocenters. The summed E-state index contributed by atoms with van der Waals surface area (Å²) in [5, 5.41) is 5.57. The summed E-state index contributed by atoms with van der Waals surface area (Å²) >= 11 is 3.45. The van der Waals surface area contributed by atoms with Crippen LogP contribution in [0.15, 0.2) is 53.0 Å². The van der Waals surface area contributed by atoms with Crippen molar-refractivity contribution in [1.82, 2.24) is 9.88 Å². The number of anilines is 1. The van der Waals surface area contributed by atoms with Crippen molar-refractivity contribution in [2.24, 2.45) is 0 Å². The van der Waals surface area contributed by atoms with E-state index in [0.29, 0.717) is 16.8 Å². The van der Waals surface area contributed by atoms with Crippen LogP contribution in [-0.2, 0) is 0 Å². The van der Waals surface area contributed by atoms with Gasteiger partial charge in [0.15, 0.2) is 0 Å². The summed E-state index contributed by atoms with van der Waals surface area (Å²) < 4.78 is 3.05. The number of rotatable bonds is 4. The number of nitrogens with one attached hydrogen (secondary N) is 2. The SMILES string of the molecule is CNC(=O)c1cccc(NC(=O)c2cc(C)n(-c3ccc(Br)cc3)c2C)c1C. The van der Waals surface area contributed by atoms with Crippen LogP contribution in [0.2, 0.25) is 0 Å². The fourth-order valence-electron chi connectivity index (χ4n) is 3.32. The largest absolute Gasteiger partial charge is 0.355 e. The maximum Gasteiger partial charge on any atom is 0.257 e. The molecule has 0 aliphatic rings. The summed E-state index contributed by atoms with van der Waals surface area (Å²) in [6.45, 7) is 5.73. The highest BCUT2D eigenvalue weighted by Gasteiger charge is 2.18. The molecule has 0 radical (unpaired) electrons. The number of halogens is 1. The Bertz CT molecular complexity index is 1050. The standard InChI is InChI=1S/C22H22BrN3O2/c1-13-12-19(15(3)26(13)17-10-8-16(23)9-11-17)22(28)25-20-7-5-6-18(14(20)2)21(27)24-4/h5-12H,1-4H3,(H,24,27)(H,25,28). The number of aromatic nitrogens is 1. The molecule has 0 saturated heterocycles. The molecule has 5 nitrogen and oxygen atoms in total. The number of carbonyl (C=O) groups is 2. The Balaban J connectivity index is 1.94. The summed E-state index contributed by atoms with van der Waals surface area (Å²) in [7, 11) is 1.59. The van der Waals surface area contributed by atoms with Gasteiger partial charge >= 0.3 is 0 Å². The van der Waals surface area contributed by atoms with Gasteiger partial charge in [-0.25, -0.2) is 0 Å². The molecule has 144 valence electrons. The van der Waals surface area contributed by atoms with Crippen LogP contribution < -0.4 is 10.6 Å². The third-order valence-electron chi connectivity index (χ3n) is 4.81. The molecule has 0 atom stereocenters. The molecule has 3 aromatic rings. The minimum absolute atomic E-state index is 0.179. The molecule has 1 aromatic heterocycles. The number of hydrogen-bond acceptors (Lipinski definition) is 2. The fourth-order valence-corrected chi connectivity index (χ4v) is 3.59. The Morgan fingerprint density at radius 1 is 0.929 bits per heavy atom. The van der Waals surface area contributed by atoms with Crippen LogP contribution >= 0.6 is 15.9 Å². The lowest BCUT2D eigenvalue weighted by molar-refractivity contribution is 0.0960. The summed E-state index contributed by atoms with van der Waals surface area (Å²) in [4.78, 5) is 25.0. The Morgan fingerprint density at radius 3 is 2.25 bits per heavy atom. The van der Waals surface area contributed by atoms with Crippen LogP contribution in [-0.4, -0.2) is 23.4 Å². The van der Waals surface area contributed by atoms with Crippen molar-refractivity contribution in [2.75, 3.05) is 12.4 Å². The third kappa shape index (κ3) is 3.73. The molecule has 0 aliphatic carbocycles. The fraction of sp³-hybridized carbons (Fsp3) is 0.182. The van der Waals surface area contributed by atoms with E-state index in [9.17, 15) is 9.59 Å². The van der Waals surface area contributed by atoms with Gasteiger partial charge in [-0.1, -0.05) is 22.0 Å². The Kier molecular flexibility index (Phi) is 5.70. The molecule has 1 heterocycles. The van der Waals surface area contributed by atoms with E-state index in [-0.39, 0.29) is 11.8 Å². The first kappa shape index (κ1) is 19.9. The van der Waals surface area contributed by atoms with Crippen LogP contribution in [0.5, 0.6) is 0 Å². The highest BCUT2D eigenvalue weighted by atomic mass is 79.9. The molecule has 0 saturated carbocycles. The second-order valence-corrected chi connectivity index (χ2v) is 7.52. The van der Waals surface area contributed by atoms with Crippen LogP contribution in [0.25, 0.3) is 5.69 Å². The molecule has 28 heavy (non-hydrogen) atoms. The molecule has 0 spiro atoms. The van der Waals surface area contributed by atoms with Crippen molar-refractivity contribution in [3.63, 3.8) is 0 Å². The van der Waals surface area contributed by atoms with Gasteiger partial charge in [0, 0.05) is 39.8 Å². The van der Waals surface area contributed by atoms with Crippen LogP contribution in [0.4, 0.5) is 5.69 Å². The molecule has 0 fully saturated rings. The Labute approximate surface area is 172 Å². The second kappa shape index (κ2) is 8.02. The van der Waals surface area contributed by atoms with E-state index in [4.69, 9.17) is 0 Å². The number of amides is 2. The van der Waals surface area contributed by atoms with Crippen molar-refractivity contribution in [3.05, 3.63) is 81.1 Å². The first-order chi connectivity index (χ1) is 13.3. The zero-order valence-electron chi connectivity index (χ0n) is 16.3. The van der Waals surface area contributed by atoms with Crippen LogP contribution in [0, 0.1) is 20.8 Å². The number of nitrogens with zero attached hydrogens (tertiary/aromatic N) is 1. The van der Waals surface area contributed by atoms with E-state index in [2.05, 4.69) is 31.1 Å². The predicted octanol–water partition coefficient (Wildman–Crippen LogP) is 4.78. The number of hydrogen-bond donors (Lipinski definition) is 2. The highest BCUT2D eigenvalue weighted by Crippen LogP contribution is 2.25. The lowest BCUT2D eigenvalue weighted by Crippen LogP contribution is -2.20. The zero-order chi connectivity index (χ0) is 20.4. The molecule has 3 rings (SSSR count). The molecular formula is C22H22BrN3O2. The van der Waals surface area contributed by atoms with Gasteiger partial charge in [-0.3, -0.25) is 9.59 Å². The minimum Gasteiger partial charge on any atom is -0.355 e. The normalized spacial score (nSPS) is 10.6. The minimum atomic E-state index is -0.200. The van der Waals surface area contributed by atoms with Gasteiger partial charge in [0.1, 0.15) is 0 Å². The zero-order valence-corrected chi connectivity index (χ0v) is 17.8. The van der Waals surface area contributed by atoms with Crippen molar-refractivity contribution in [3.8, 4) is 5.69 Å². The summed E-state index contributed by atoms with van der Waals surface area (Å²) in [6.07, 6.45) is 0. The number of aryl methyl sites for hydroxylation is 1. The van der Waals surface area contributed by atoms with Crippen molar-refractivity contribution >= 4 is 33.4 Å². The molecule has 2 amide bonds. The molecule has 2 aromatic carbocycles. The monoisotopic (exact) mass is 439 g/mol. The smallest absolute Gasteiger partial charge is 0.257 e. The van der Waals surface area contributed by atoms with E-state index >= 15 is 0 Å². The molecule has 2 N–H and O–H groups in total. The van der Waals surface area contributed by atoms with E-state index < -0.39 is 0 Å². The van der Waals surface area contributed by atoms with E-state index in [1.807, 2.05) is 51.1 Å². The van der Waals surface area contributed by atoms with Gasteiger partial charge in [0.05, 0.1) is 5.56 Å². The first-order valence-electron chi connectivity index (χ1n) is 8.91. The first-order valence-corrected chi connectivity index (χ1v) is 9.70. The topological polar surface area (TPSA) is 63.1 Å². The Morgan fingerprint density at radius 2 is 1.61 bits per heavy atom. The number of benzene rings is 2. The Hall–Kier alpha value is -2.86. The van der Waals surface area contributed by atoms with Crippen molar-refractivity contribution in [2.45, 2.75) is 20.8 Å². The highest BCUT2D eigenvalue weighted by molar-refractivity contribution is 9.10. The predicted molar refractivity (Wildman–Crippen MR) is 115 cm³/mol. The number of carbonyl (C=O) groups excluding carboxylic acids is 2. The maximum absolute atomic E-state index is 13.0. The maximum atomic E-state index is 13.0. The van der Waals surface area contributed by atoms with Gasteiger partial charge in [0.2, 0.25) is 0 Å². The van der Waals surface area contributed by atoms with Gasteiger partial charge in [-0.2, -0.15) is 0 Å². The molecule has 0 bridgehead atoms. The van der Waals surface area contributed by atoms with Gasteiger partial charge in [-0.15, -0.1) is 0 Å². The summed E-state index contributed by atoms with van der Waals surface area (Å²) in [5.74, 6) is -0.379. The van der Waals surface area contributed by atoms with Crippen LogP contribution in [0.1, 0.15) is 37.7 Å². The second-order valence-electron chi connectivity index (χ2n) is 6.61. The van der Waals surface area contributed by atoms with Gasteiger partial charge in [-0.05, 0) is 68.8 Å². The lowest BCUT2D eigenvalue weighted by Gasteiger charge is -2.12. The van der Waals surface area contributed by atoms with Crippen LogP contribution in [0.3, 0.4) is 0 Å². The quantitative estimate of drug-likeness (QED) is 0.614. The van der Waals surface area contributed by atoms with E-state index in [1.165, 1.54) is 0 Å². The molecule has 6 heteroatoms. The van der Waals surface area contributed by atoms with E-state index in [0.717, 1.165) is 27.1 Å². The van der Waals surface area contributed by atoms with Crippen molar-refractivity contribution in [1.29, 1.82) is 0 Å².